The van der Waals surface area contributed by atoms with Crippen molar-refractivity contribution in [2.45, 2.75) is 6.42 Å². The molecular formula is C28H22FN3O4. The molecule has 1 heterocycles. The van der Waals surface area contributed by atoms with Crippen LogP contribution in [0.15, 0.2) is 77.9 Å². The summed E-state index contributed by atoms with van der Waals surface area (Å²) in [6.07, 6.45) is 6.36. The Labute approximate surface area is 206 Å². The average molecular weight is 483 g/mol. The predicted octanol–water partition coefficient (Wildman–Crippen LogP) is 4.14. The summed E-state index contributed by atoms with van der Waals surface area (Å²) < 4.78 is 19.6. The Morgan fingerprint density at radius 2 is 1.69 bits per heavy atom. The van der Waals surface area contributed by atoms with E-state index in [1.807, 2.05) is 42.5 Å². The maximum Gasteiger partial charge on any atom is 0.262 e. The minimum absolute atomic E-state index is 0.0615. The summed E-state index contributed by atoms with van der Waals surface area (Å²) in [5, 5.41) is 9.46. The van der Waals surface area contributed by atoms with Crippen LogP contribution < -0.4 is 10.1 Å². The second-order valence-corrected chi connectivity index (χ2v) is 9.25. The van der Waals surface area contributed by atoms with Gasteiger partial charge in [0.25, 0.3) is 17.7 Å². The van der Waals surface area contributed by atoms with E-state index in [0.29, 0.717) is 11.3 Å². The molecule has 3 amide bonds. The third kappa shape index (κ3) is 3.66. The van der Waals surface area contributed by atoms with E-state index in [2.05, 4.69) is 10.4 Å². The first-order chi connectivity index (χ1) is 17.5. The molecule has 4 atom stereocenters. The molecule has 0 spiro atoms. The molecule has 1 N–H and O–H groups in total. The Bertz CT molecular complexity index is 1440. The van der Waals surface area contributed by atoms with E-state index in [9.17, 15) is 18.8 Å². The standard InChI is InChI=1S/C28H22FN3O4/c29-21-7-3-4-8-22(21)31-24(33)15-36-23-12-11-16-5-1-2-6-19(16)20(23)14-30-32-27(34)25-17-9-10-18(13-17)26(25)28(32)35/h1-12,14,17-18,25-26H,13,15H2,(H,31,33)/t17-,18-,25-,26+/m0/s1. The van der Waals surface area contributed by atoms with Gasteiger partial charge >= 0.3 is 0 Å². The van der Waals surface area contributed by atoms with Gasteiger partial charge in [-0.1, -0.05) is 54.6 Å². The monoisotopic (exact) mass is 483 g/mol. The molecule has 8 heteroatoms. The molecule has 0 radical (unpaired) electrons. The van der Waals surface area contributed by atoms with Crippen molar-refractivity contribution in [1.29, 1.82) is 0 Å². The number of halogens is 1. The molecule has 1 saturated heterocycles. The first-order valence-corrected chi connectivity index (χ1v) is 11.8. The molecular weight excluding hydrogens is 461 g/mol. The van der Waals surface area contributed by atoms with Crippen molar-refractivity contribution in [3.05, 3.63) is 84.2 Å². The molecule has 1 aliphatic heterocycles. The van der Waals surface area contributed by atoms with Crippen LogP contribution in [0.3, 0.4) is 0 Å². The van der Waals surface area contributed by atoms with Gasteiger partial charge < -0.3 is 10.1 Å². The normalized spacial score (nSPS) is 24.2. The van der Waals surface area contributed by atoms with Gasteiger partial charge in [0.1, 0.15) is 11.6 Å². The van der Waals surface area contributed by atoms with Gasteiger partial charge in [0, 0.05) is 5.56 Å². The van der Waals surface area contributed by atoms with Gasteiger partial charge in [-0.05, 0) is 47.2 Å². The number of carbonyl (C=O) groups excluding carboxylic acids is 3. The average Bonchev–Trinajstić information content (AvgIpc) is 3.57. The summed E-state index contributed by atoms with van der Waals surface area (Å²) in [7, 11) is 0. The highest BCUT2D eigenvalue weighted by atomic mass is 19.1. The number of hydrogen-bond donors (Lipinski definition) is 1. The molecule has 36 heavy (non-hydrogen) atoms. The zero-order valence-electron chi connectivity index (χ0n) is 19.1. The Kier molecular flexibility index (Phi) is 5.36. The number of para-hydroxylation sites is 1. The molecule has 2 bridgehead atoms. The molecule has 3 aromatic rings. The number of allylic oxidation sites excluding steroid dienone is 2. The fourth-order valence-corrected chi connectivity index (χ4v) is 5.54. The van der Waals surface area contributed by atoms with Crippen LogP contribution >= 0.6 is 0 Å². The van der Waals surface area contributed by atoms with Gasteiger partial charge in [0.05, 0.1) is 23.7 Å². The van der Waals surface area contributed by atoms with Crippen LogP contribution in [-0.4, -0.2) is 35.6 Å². The number of ether oxygens (including phenoxy) is 1. The van der Waals surface area contributed by atoms with Gasteiger partial charge in [-0.15, -0.1) is 0 Å². The van der Waals surface area contributed by atoms with Gasteiger partial charge in [0.2, 0.25) is 0 Å². The lowest BCUT2D eigenvalue weighted by Gasteiger charge is -2.14. The number of amides is 3. The lowest BCUT2D eigenvalue weighted by molar-refractivity contribution is -0.140. The van der Waals surface area contributed by atoms with Gasteiger partial charge in [-0.25, -0.2) is 4.39 Å². The SMILES string of the molecule is O=C(COc1ccc2ccccc2c1C=NN1C(=O)[C@@H]2[C@H](C1=O)[C@H]1C=C[C@H]2C1)Nc1ccccc1F. The topological polar surface area (TPSA) is 88.1 Å². The lowest BCUT2D eigenvalue weighted by atomic mass is 9.85. The van der Waals surface area contributed by atoms with Crippen molar-refractivity contribution < 1.29 is 23.5 Å². The Hall–Kier alpha value is -4.33. The molecule has 180 valence electrons. The molecule has 2 aliphatic carbocycles. The number of imide groups is 1. The zero-order chi connectivity index (χ0) is 24.8. The van der Waals surface area contributed by atoms with Crippen LogP contribution in [0.4, 0.5) is 10.1 Å². The number of hydrogen-bond acceptors (Lipinski definition) is 5. The van der Waals surface area contributed by atoms with E-state index >= 15 is 0 Å². The first-order valence-electron chi connectivity index (χ1n) is 11.8. The van der Waals surface area contributed by atoms with Crippen molar-refractivity contribution in [2.75, 3.05) is 11.9 Å². The number of hydrazone groups is 1. The maximum atomic E-state index is 13.9. The number of anilines is 1. The van der Waals surface area contributed by atoms with E-state index in [-0.39, 0.29) is 47.8 Å². The first kappa shape index (κ1) is 22.2. The minimum atomic E-state index is -0.544. The fraction of sp³-hybridized carbons (Fsp3) is 0.214. The third-order valence-corrected chi connectivity index (χ3v) is 7.19. The zero-order valence-corrected chi connectivity index (χ0v) is 19.1. The number of fused-ring (bicyclic) bond motifs is 6. The summed E-state index contributed by atoms with van der Waals surface area (Å²) in [4.78, 5) is 38.4. The highest BCUT2D eigenvalue weighted by molar-refractivity contribution is 6.08. The van der Waals surface area contributed by atoms with Crippen molar-refractivity contribution >= 4 is 40.4 Å². The van der Waals surface area contributed by atoms with Crippen LogP contribution in [0.25, 0.3) is 10.8 Å². The molecule has 1 saturated carbocycles. The number of carbonyl (C=O) groups is 3. The van der Waals surface area contributed by atoms with Crippen molar-refractivity contribution in [2.24, 2.45) is 28.8 Å². The predicted molar refractivity (Wildman–Crippen MR) is 132 cm³/mol. The van der Waals surface area contributed by atoms with Crippen LogP contribution in [0.1, 0.15) is 12.0 Å². The van der Waals surface area contributed by atoms with Crippen molar-refractivity contribution in [3.63, 3.8) is 0 Å². The Morgan fingerprint density at radius 1 is 1.00 bits per heavy atom. The highest BCUT2D eigenvalue weighted by Gasteiger charge is 2.59. The Morgan fingerprint density at radius 3 is 2.44 bits per heavy atom. The van der Waals surface area contributed by atoms with Crippen LogP contribution in [-0.2, 0) is 14.4 Å². The van der Waals surface area contributed by atoms with E-state index in [0.717, 1.165) is 22.2 Å². The summed E-state index contributed by atoms with van der Waals surface area (Å²) >= 11 is 0. The minimum Gasteiger partial charge on any atom is -0.483 e. The van der Waals surface area contributed by atoms with E-state index in [1.54, 1.807) is 12.1 Å². The van der Waals surface area contributed by atoms with Gasteiger partial charge in [-0.2, -0.15) is 10.1 Å². The molecule has 3 aliphatic rings. The molecule has 3 aromatic carbocycles. The van der Waals surface area contributed by atoms with Crippen LogP contribution in [0.5, 0.6) is 5.75 Å². The van der Waals surface area contributed by atoms with Crippen LogP contribution in [0, 0.1) is 29.5 Å². The second-order valence-electron chi connectivity index (χ2n) is 9.25. The summed E-state index contributed by atoms with van der Waals surface area (Å²) in [6, 6.07) is 16.9. The van der Waals surface area contributed by atoms with Gasteiger partial charge in [0.15, 0.2) is 6.61 Å². The molecule has 6 rings (SSSR count). The number of nitrogens with zero attached hydrogens (tertiary/aromatic N) is 2. The largest absolute Gasteiger partial charge is 0.483 e. The maximum absolute atomic E-state index is 13.9. The Balaban J connectivity index is 1.25. The van der Waals surface area contributed by atoms with Gasteiger partial charge in [-0.3, -0.25) is 14.4 Å². The van der Waals surface area contributed by atoms with Crippen molar-refractivity contribution in [1.82, 2.24) is 5.01 Å². The molecule has 0 aromatic heterocycles. The van der Waals surface area contributed by atoms with E-state index in [4.69, 9.17) is 4.74 Å². The number of nitrogens with one attached hydrogen (secondary N) is 1. The molecule has 2 fully saturated rings. The summed E-state index contributed by atoms with van der Waals surface area (Å²) in [5.41, 5.74) is 0.594. The molecule has 0 unspecified atom stereocenters. The number of rotatable bonds is 6. The highest BCUT2D eigenvalue weighted by Crippen LogP contribution is 2.52. The second kappa shape index (κ2) is 8.71. The fourth-order valence-electron chi connectivity index (χ4n) is 5.54. The molecule has 7 nitrogen and oxygen atoms in total. The van der Waals surface area contributed by atoms with Crippen molar-refractivity contribution in [3.8, 4) is 5.75 Å². The number of benzene rings is 3. The van der Waals surface area contributed by atoms with E-state index < -0.39 is 11.7 Å². The van der Waals surface area contributed by atoms with Crippen LogP contribution in [0.2, 0.25) is 0 Å². The van der Waals surface area contributed by atoms with E-state index in [1.165, 1.54) is 24.4 Å². The quantitative estimate of drug-likeness (QED) is 0.324. The summed E-state index contributed by atoms with van der Waals surface area (Å²) in [6.45, 7) is -0.367. The summed E-state index contributed by atoms with van der Waals surface area (Å²) in [5.74, 6) is -1.75. The smallest absolute Gasteiger partial charge is 0.262 e. The lowest BCUT2D eigenvalue weighted by Crippen LogP contribution is -2.28. The third-order valence-electron chi connectivity index (χ3n) is 7.19.